The molecule has 0 radical (unpaired) electrons. The van der Waals surface area contributed by atoms with Crippen molar-refractivity contribution in [2.45, 2.75) is 45.3 Å². The Labute approximate surface area is 98.0 Å². The van der Waals surface area contributed by atoms with Gasteiger partial charge in [-0.25, -0.2) is 0 Å². The first-order chi connectivity index (χ1) is 7.40. The first kappa shape index (κ1) is 13.2. The maximum Gasteiger partial charge on any atom is 0.0181 e. The predicted octanol–water partition coefficient (Wildman–Crippen LogP) is 1.44. The quantitative estimate of drug-likeness (QED) is 0.720. The van der Waals surface area contributed by atoms with Gasteiger partial charge >= 0.3 is 0 Å². The fourth-order valence-electron chi connectivity index (χ4n) is 1.79. The lowest BCUT2D eigenvalue weighted by molar-refractivity contribution is 0.433. The molecule has 0 saturated carbocycles. The first-order valence-electron chi connectivity index (χ1n) is 5.71. The molecule has 0 aromatic heterocycles. The molecule has 0 aliphatic rings. The second-order valence-electron chi connectivity index (χ2n) is 4.98. The summed E-state index contributed by atoms with van der Waals surface area (Å²) in [4.78, 5) is 0. The summed E-state index contributed by atoms with van der Waals surface area (Å²) in [5, 5.41) is 0. The van der Waals surface area contributed by atoms with Crippen LogP contribution in [0.4, 0.5) is 0 Å². The number of hydrogen-bond donors (Lipinski definition) is 3. The van der Waals surface area contributed by atoms with Crippen LogP contribution in [-0.4, -0.2) is 5.54 Å². The van der Waals surface area contributed by atoms with Gasteiger partial charge in [-0.1, -0.05) is 25.1 Å². The summed E-state index contributed by atoms with van der Waals surface area (Å²) in [7, 11) is 0. The summed E-state index contributed by atoms with van der Waals surface area (Å²) >= 11 is 0. The summed E-state index contributed by atoms with van der Waals surface area (Å²) in [5.41, 5.74) is 20.8. The Morgan fingerprint density at radius 1 is 1.19 bits per heavy atom. The van der Waals surface area contributed by atoms with Gasteiger partial charge in [-0.3, -0.25) is 0 Å². The van der Waals surface area contributed by atoms with Crippen LogP contribution in [0.2, 0.25) is 0 Å². The molecule has 0 heterocycles. The molecule has 1 aromatic carbocycles. The third-order valence-electron chi connectivity index (χ3n) is 3.25. The van der Waals surface area contributed by atoms with Crippen molar-refractivity contribution < 1.29 is 0 Å². The molecule has 90 valence electrons. The van der Waals surface area contributed by atoms with Crippen molar-refractivity contribution >= 4 is 0 Å². The van der Waals surface area contributed by atoms with E-state index in [1.807, 2.05) is 13.8 Å². The van der Waals surface area contributed by atoms with Crippen LogP contribution in [0.15, 0.2) is 18.2 Å². The number of rotatable bonds is 4. The van der Waals surface area contributed by atoms with Crippen LogP contribution >= 0.6 is 0 Å². The van der Waals surface area contributed by atoms with Gasteiger partial charge in [0.1, 0.15) is 0 Å². The summed E-state index contributed by atoms with van der Waals surface area (Å²) in [5.74, 6) is 0.276. The van der Waals surface area contributed by atoms with E-state index in [-0.39, 0.29) is 11.5 Å². The fourth-order valence-corrected chi connectivity index (χ4v) is 1.79. The molecule has 0 aliphatic carbocycles. The van der Waals surface area contributed by atoms with Gasteiger partial charge < -0.3 is 17.2 Å². The zero-order valence-electron chi connectivity index (χ0n) is 10.5. The topological polar surface area (TPSA) is 78.1 Å². The summed E-state index contributed by atoms with van der Waals surface area (Å²) < 4.78 is 0. The van der Waals surface area contributed by atoms with E-state index in [2.05, 4.69) is 25.1 Å². The second kappa shape index (κ2) is 4.95. The van der Waals surface area contributed by atoms with E-state index in [0.717, 1.165) is 11.1 Å². The van der Waals surface area contributed by atoms with E-state index in [1.54, 1.807) is 0 Å². The highest BCUT2D eigenvalue weighted by Gasteiger charge is 2.23. The van der Waals surface area contributed by atoms with Crippen molar-refractivity contribution in [2.75, 3.05) is 0 Å². The molecule has 0 saturated heterocycles. The zero-order valence-corrected chi connectivity index (χ0v) is 10.5. The highest BCUT2D eigenvalue weighted by atomic mass is 14.7. The summed E-state index contributed by atoms with van der Waals surface area (Å²) in [6, 6.07) is 6.23. The third-order valence-corrected chi connectivity index (χ3v) is 3.25. The molecule has 0 fully saturated rings. The van der Waals surface area contributed by atoms with Gasteiger partial charge in [0.25, 0.3) is 0 Å². The zero-order chi connectivity index (χ0) is 12.3. The Hall–Kier alpha value is -0.900. The SMILES string of the molecule is CC(c1ccc(CN)cc1CN)C(C)(C)N. The predicted molar refractivity (Wildman–Crippen MR) is 68.9 cm³/mol. The van der Waals surface area contributed by atoms with Crippen LogP contribution in [0, 0.1) is 0 Å². The summed E-state index contributed by atoms with van der Waals surface area (Å²) in [6.45, 7) is 7.29. The van der Waals surface area contributed by atoms with Gasteiger partial charge in [0.05, 0.1) is 0 Å². The van der Waals surface area contributed by atoms with Crippen molar-refractivity contribution in [1.82, 2.24) is 0 Å². The van der Waals surface area contributed by atoms with E-state index in [4.69, 9.17) is 17.2 Å². The Morgan fingerprint density at radius 3 is 2.25 bits per heavy atom. The van der Waals surface area contributed by atoms with E-state index in [0.29, 0.717) is 13.1 Å². The largest absolute Gasteiger partial charge is 0.326 e. The number of nitrogens with two attached hydrogens (primary N) is 3. The van der Waals surface area contributed by atoms with Crippen molar-refractivity contribution in [2.24, 2.45) is 17.2 Å². The smallest absolute Gasteiger partial charge is 0.0181 e. The third kappa shape index (κ3) is 2.82. The normalized spacial score (nSPS) is 13.9. The van der Waals surface area contributed by atoms with Crippen molar-refractivity contribution in [1.29, 1.82) is 0 Å². The molecule has 3 heteroatoms. The highest BCUT2D eigenvalue weighted by Crippen LogP contribution is 2.28. The van der Waals surface area contributed by atoms with Crippen molar-refractivity contribution in [3.05, 3.63) is 34.9 Å². The molecule has 6 N–H and O–H groups in total. The van der Waals surface area contributed by atoms with Crippen molar-refractivity contribution in [3.63, 3.8) is 0 Å². The minimum absolute atomic E-state index is 0.242. The van der Waals surface area contributed by atoms with Crippen LogP contribution in [-0.2, 0) is 13.1 Å². The lowest BCUT2D eigenvalue weighted by Crippen LogP contribution is -2.38. The molecule has 0 bridgehead atoms. The molecular weight excluding hydrogens is 198 g/mol. The minimum atomic E-state index is -0.242. The maximum absolute atomic E-state index is 6.14. The molecular formula is C13H23N3. The minimum Gasteiger partial charge on any atom is -0.326 e. The van der Waals surface area contributed by atoms with E-state index in [9.17, 15) is 0 Å². The average molecular weight is 221 g/mol. The van der Waals surface area contributed by atoms with Crippen molar-refractivity contribution in [3.8, 4) is 0 Å². The first-order valence-corrected chi connectivity index (χ1v) is 5.71. The number of hydrogen-bond acceptors (Lipinski definition) is 3. The maximum atomic E-state index is 6.14. The second-order valence-corrected chi connectivity index (χ2v) is 4.98. The Kier molecular flexibility index (Phi) is 4.08. The van der Waals surface area contributed by atoms with Gasteiger partial charge in [-0.2, -0.15) is 0 Å². The van der Waals surface area contributed by atoms with E-state index >= 15 is 0 Å². The molecule has 0 aliphatic heterocycles. The monoisotopic (exact) mass is 221 g/mol. The Morgan fingerprint density at radius 2 is 1.81 bits per heavy atom. The van der Waals surface area contributed by atoms with Crippen LogP contribution in [0.25, 0.3) is 0 Å². The van der Waals surface area contributed by atoms with Gasteiger partial charge in [-0.15, -0.1) is 0 Å². The molecule has 1 rings (SSSR count). The van der Waals surface area contributed by atoms with Gasteiger partial charge in [0.15, 0.2) is 0 Å². The van der Waals surface area contributed by atoms with Gasteiger partial charge in [0, 0.05) is 18.6 Å². The average Bonchev–Trinajstić information content (AvgIpc) is 2.26. The fraction of sp³-hybridized carbons (Fsp3) is 0.538. The molecule has 1 aromatic rings. The molecule has 0 amide bonds. The Bertz CT molecular complexity index is 353. The number of benzene rings is 1. The molecule has 16 heavy (non-hydrogen) atoms. The standard InChI is InChI=1S/C13H23N3/c1-9(13(2,3)16)12-5-4-10(7-14)6-11(12)8-15/h4-6,9H,7-8,14-16H2,1-3H3. The lowest BCUT2D eigenvalue weighted by atomic mass is 9.81. The Balaban J connectivity index is 3.14. The molecule has 0 spiro atoms. The highest BCUT2D eigenvalue weighted by molar-refractivity contribution is 5.35. The van der Waals surface area contributed by atoms with E-state index in [1.165, 1.54) is 5.56 Å². The summed E-state index contributed by atoms with van der Waals surface area (Å²) in [6.07, 6.45) is 0. The van der Waals surface area contributed by atoms with Crippen LogP contribution in [0.5, 0.6) is 0 Å². The van der Waals surface area contributed by atoms with Crippen LogP contribution in [0.3, 0.4) is 0 Å². The van der Waals surface area contributed by atoms with Crippen LogP contribution in [0.1, 0.15) is 43.4 Å². The molecule has 1 atom stereocenters. The molecule has 3 nitrogen and oxygen atoms in total. The lowest BCUT2D eigenvalue weighted by Gasteiger charge is -2.29. The van der Waals surface area contributed by atoms with Crippen LogP contribution < -0.4 is 17.2 Å². The van der Waals surface area contributed by atoms with E-state index < -0.39 is 0 Å². The van der Waals surface area contributed by atoms with Gasteiger partial charge in [0.2, 0.25) is 0 Å². The van der Waals surface area contributed by atoms with Gasteiger partial charge in [-0.05, 0) is 36.5 Å². The molecule has 1 unspecified atom stereocenters.